The zero-order chi connectivity index (χ0) is 27.6. The van der Waals surface area contributed by atoms with Gasteiger partial charge in [0.1, 0.15) is 23.1 Å². The third-order valence-electron chi connectivity index (χ3n) is 7.04. The van der Waals surface area contributed by atoms with E-state index in [9.17, 15) is 9.59 Å². The molecule has 1 amide bonds. The first kappa shape index (κ1) is 26.4. The van der Waals surface area contributed by atoms with Gasteiger partial charge in [-0.2, -0.15) is 0 Å². The Bertz CT molecular complexity index is 1710. The van der Waals surface area contributed by atoms with Crippen LogP contribution in [0.1, 0.15) is 22.4 Å². The van der Waals surface area contributed by atoms with Crippen molar-refractivity contribution in [2.45, 2.75) is 31.9 Å². The molecule has 0 spiro atoms. The molecule has 1 aliphatic carbocycles. The molecule has 3 aromatic heterocycles. The number of H-pyrrole nitrogens is 1. The fraction of sp³-hybridized carbons (Fsp3) is 0.310. The number of aromatic nitrogens is 3. The van der Waals surface area contributed by atoms with Gasteiger partial charge in [-0.05, 0) is 56.3 Å². The number of carbonyl (C=O) groups excluding carboxylic acids is 1. The van der Waals surface area contributed by atoms with Crippen molar-refractivity contribution in [3.63, 3.8) is 0 Å². The molecule has 1 aliphatic rings. The lowest BCUT2D eigenvalue weighted by Crippen LogP contribution is -2.39. The van der Waals surface area contributed by atoms with E-state index in [0.717, 1.165) is 56.9 Å². The average molecular weight is 575 g/mol. The zero-order valence-electron chi connectivity index (χ0n) is 22.3. The van der Waals surface area contributed by atoms with Crippen molar-refractivity contribution in [1.29, 1.82) is 0 Å². The van der Waals surface area contributed by atoms with Gasteiger partial charge >= 0.3 is 11.0 Å². The number of hydrogen-bond donors (Lipinski definition) is 2. The maximum atomic E-state index is 13.3. The SMILES string of the molecule is CN(C)CCN(Cc1ccccc1)C(=O)OC1CCc2c(sc3ncnc(Nc4ccc5[nH]c(=O)sc5c4)c23)C1. The molecule has 0 aliphatic heterocycles. The number of aromatic amines is 1. The van der Waals surface area contributed by atoms with Crippen LogP contribution in [0, 0.1) is 0 Å². The third kappa shape index (κ3) is 5.72. The summed E-state index contributed by atoms with van der Waals surface area (Å²) in [5.41, 5.74) is 3.99. The molecule has 2 N–H and O–H groups in total. The summed E-state index contributed by atoms with van der Waals surface area (Å²) in [6.45, 7) is 1.87. The summed E-state index contributed by atoms with van der Waals surface area (Å²) >= 11 is 2.83. The van der Waals surface area contributed by atoms with Crippen LogP contribution in [-0.2, 0) is 24.1 Å². The third-order valence-corrected chi connectivity index (χ3v) is 9.05. The summed E-state index contributed by atoms with van der Waals surface area (Å²) in [6.07, 6.45) is 3.30. The first-order chi connectivity index (χ1) is 19.4. The van der Waals surface area contributed by atoms with Crippen LogP contribution in [-0.4, -0.2) is 64.1 Å². The van der Waals surface area contributed by atoms with Crippen LogP contribution in [0.4, 0.5) is 16.3 Å². The number of fused-ring (bicyclic) bond motifs is 4. The summed E-state index contributed by atoms with van der Waals surface area (Å²) in [5, 5.41) is 4.46. The highest BCUT2D eigenvalue weighted by atomic mass is 32.1. The molecular weight excluding hydrogens is 544 g/mol. The second kappa shape index (κ2) is 11.4. The number of carbonyl (C=O) groups is 1. The summed E-state index contributed by atoms with van der Waals surface area (Å²) in [4.78, 5) is 42.8. The Morgan fingerprint density at radius 1 is 1.12 bits per heavy atom. The van der Waals surface area contributed by atoms with Gasteiger partial charge in [-0.1, -0.05) is 41.7 Å². The molecule has 3 heterocycles. The normalized spacial score (nSPS) is 14.9. The number of thiazole rings is 1. The van der Waals surface area contributed by atoms with Crippen molar-refractivity contribution < 1.29 is 9.53 Å². The van der Waals surface area contributed by atoms with Crippen LogP contribution in [0.2, 0.25) is 0 Å². The van der Waals surface area contributed by atoms with Crippen molar-refractivity contribution in [2.75, 3.05) is 32.5 Å². The van der Waals surface area contributed by atoms with Crippen molar-refractivity contribution >= 4 is 60.7 Å². The van der Waals surface area contributed by atoms with Crippen LogP contribution < -0.4 is 10.2 Å². The molecule has 5 aromatic rings. The van der Waals surface area contributed by atoms with E-state index in [2.05, 4.69) is 25.2 Å². The van der Waals surface area contributed by atoms with E-state index in [1.54, 1.807) is 22.6 Å². The second-order valence-corrected chi connectivity index (χ2v) is 12.3. The molecule has 9 nitrogen and oxygen atoms in total. The van der Waals surface area contributed by atoms with Crippen LogP contribution in [0.25, 0.3) is 20.4 Å². The summed E-state index contributed by atoms with van der Waals surface area (Å²) < 4.78 is 6.97. The zero-order valence-corrected chi connectivity index (χ0v) is 24.0. The number of hydrogen-bond acceptors (Lipinski definition) is 9. The number of nitrogens with zero attached hydrogens (tertiary/aromatic N) is 4. The molecule has 1 unspecified atom stereocenters. The molecule has 0 radical (unpaired) electrons. The number of amides is 1. The minimum Gasteiger partial charge on any atom is -0.446 e. The molecular formula is C29H30N6O3S2. The van der Waals surface area contributed by atoms with Gasteiger partial charge in [-0.15, -0.1) is 11.3 Å². The number of rotatable bonds is 8. The van der Waals surface area contributed by atoms with Gasteiger partial charge in [0.2, 0.25) is 0 Å². The van der Waals surface area contributed by atoms with E-state index in [1.807, 2.05) is 62.6 Å². The smallest absolute Gasteiger partial charge is 0.410 e. The Morgan fingerprint density at radius 3 is 2.80 bits per heavy atom. The standard InChI is InChI=1S/C29H30N6O3S2/c1-34(2)12-13-35(16-18-6-4-3-5-7-18)29(37)38-20-9-10-21-23(15-20)39-27-25(21)26(30-17-31-27)32-19-8-11-22-24(14-19)40-28(36)33-22/h3-8,11,14,17,20H,9-10,12-13,15-16H2,1-2H3,(H,33,36)(H,30,31,32). The van der Waals surface area contributed by atoms with Crippen LogP contribution in [0.15, 0.2) is 59.7 Å². The Hall–Kier alpha value is -3.80. The van der Waals surface area contributed by atoms with Gasteiger partial charge in [0.15, 0.2) is 0 Å². The minimum absolute atomic E-state index is 0.0698. The van der Waals surface area contributed by atoms with Crippen molar-refractivity contribution in [2.24, 2.45) is 0 Å². The second-order valence-electron chi connectivity index (χ2n) is 10.2. The minimum atomic E-state index is -0.273. The maximum absolute atomic E-state index is 13.3. The number of anilines is 2. The number of aryl methyl sites for hydroxylation is 1. The van der Waals surface area contributed by atoms with E-state index >= 15 is 0 Å². The van der Waals surface area contributed by atoms with Crippen molar-refractivity contribution in [3.05, 3.63) is 80.5 Å². The number of benzene rings is 2. The Labute approximate surface area is 239 Å². The molecule has 0 saturated carbocycles. The Balaban J connectivity index is 1.19. The average Bonchev–Trinajstić information content (AvgIpc) is 3.50. The fourth-order valence-corrected chi connectivity index (χ4v) is 7.04. The summed E-state index contributed by atoms with van der Waals surface area (Å²) in [6, 6.07) is 15.8. The predicted molar refractivity (Wildman–Crippen MR) is 161 cm³/mol. The molecule has 0 fully saturated rings. The topological polar surface area (TPSA) is 103 Å². The summed E-state index contributed by atoms with van der Waals surface area (Å²) in [5.74, 6) is 0.748. The molecule has 2 aromatic carbocycles. The first-order valence-electron chi connectivity index (χ1n) is 13.2. The highest BCUT2D eigenvalue weighted by Gasteiger charge is 2.29. The fourth-order valence-electron chi connectivity index (χ4n) is 5.01. The molecule has 6 rings (SSSR count). The molecule has 0 saturated heterocycles. The highest BCUT2D eigenvalue weighted by molar-refractivity contribution is 7.19. The molecule has 1 atom stereocenters. The lowest BCUT2D eigenvalue weighted by atomic mass is 9.94. The number of nitrogens with one attached hydrogen (secondary N) is 2. The molecule has 0 bridgehead atoms. The maximum Gasteiger partial charge on any atom is 0.410 e. The van der Waals surface area contributed by atoms with E-state index in [0.29, 0.717) is 19.5 Å². The van der Waals surface area contributed by atoms with Crippen LogP contribution in [0.5, 0.6) is 0 Å². The molecule has 206 valence electrons. The largest absolute Gasteiger partial charge is 0.446 e. The lowest BCUT2D eigenvalue weighted by Gasteiger charge is -2.28. The Morgan fingerprint density at radius 2 is 1.98 bits per heavy atom. The van der Waals surface area contributed by atoms with Gasteiger partial charge in [-0.25, -0.2) is 14.8 Å². The number of thiophene rings is 1. The monoisotopic (exact) mass is 574 g/mol. The van der Waals surface area contributed by atoms with Crippen LogP contribution >= 0.6 is 22.7 Å². The van der Waals surface area contributed by atoms with E-state index < -0.39 is 0 Å². The van der Waals surface area contributed by atoms with Gasteiger partial charge in [0, 0.05) is 36.6 Å². The first-order valence-corrected chi connectivity index (χ1v) is 14.9. The van der Waals surface area contributed by atoms with E-state index in [4.69, 9.17) is 4.74 Å². The summed E-state index contributed by atoms with van der Waals surface area (Å²) in [7, 11) is 4.01. The molecule has 11 heteroatoms. The highest BCUT2D eigenvalue weighted by Crippen LogP contribution is 2.40. The number of ether oxygens (including phenoxy) is 1. The van der Waals surface area contributed by atoms with Crippen LogP contribution in [0.3, 0.4) is 0 Å². The van der Waals surface area contributed by atoms with Gasteiger partial charge < -0.3 is 24.8 Å². The van der Waals surface area contributed by atoms with Gasteiger partial charge in [0.25, 0.3) is 0 Å². The lowest BCUT2D eigenvalue weighted by molar-refractivity contribution is 0.0536. The van der Waals surface area contributed by atoms with E-state index in [-0.39, 0.29) is 17.1 Å². The quantitative estimate of drug-likeness (QED) is 0.256. The number of likely N-dealkylation sites (N-methyl/N-ethyl adjacent to an activating group) is 1. The van der Waals surface area contributed by atoms with Gasteiger partial charge in [0.05, 0.1) is 15.6 Å². The van der Waals surface area contributed by atoms with Gasteiger partial charge in [-0.3, -0.25) is 4.79 Å². The predicted octanol–water partition coefficient (Wildman–Crippen LogP) is 5.40. The Kier molecular flexibility index (Phi) is 7.50. The van der Waals surface area contributed by atoms with Crippen molar-refractivity contribution in [3.8, 4) is 0 Å². The molecule has 40 heavy (non-hydrogen) atoms. The van der Waals surface area contributed by atoms with Crippen molar-refractivity contribution in [1.82, 2.24) is 24.8 Å². The van der Waals surface area contributed by atoms with E-state index in [1.165, 1.54) is 21.8 Å².